The van der Waals surface area contributed by atoms with Crippen molar-refractivity contribution in [1.82, 2.24) is 15.0 Å². The molecule has 0 amide bonds. The summed E-state index contributed by atoms with van der Waals surface area (Å²) in [6.07, 6.45) is 6.81. The smallest absolute Gasteiger partial charge is 0.227 e. The maximum atomic E-state index is 5.71. The molecule has 1 aliphatic carbocycles. The molecule has 1 saturated carbocycles. The molecule has 1 unspecified atom stereocenters. The normalized spacial score (nSPS) is 18.9. The summed E-state index contributed by atoms with van der Waals surface area (Å²) >= 11 is 1.68. The van der Waals surface area contributed by atoms with E-state index < -0.39 is 0 Å². The summed E-state index contributed by atoms with van der Waals surface area (Å²) in [5.74, 6) is 1.16. The standard InChI is InChI=1S/C21H23N5OS/c1-2-5-15(6-3-1)24-20-22-11-10-17(25-20)19-18(14-8-9-14)26-21(28-19)23-13-16-7-4-12-27-16/h1-3,5-6,10-11,14,16H,4,7-9,12-13H2,(H,23,26)(H,22,24,25). The Labute approximate surface area is 168 Å². The van der Waals surface area contributed by atoms with Crippen LogP contribution in [0.15, 0.2) is 42.6 Å². The second kappa shape index (κ2) is 7.85. The summed E-state index contributed by atoms with van der Waals surface area (Å²) < 4.78 is 5.71. The van der Waals surface area contributed by atoms with Crippen LogP contribution in [0.5, 0.6) is 0 Å². The fraction of sp³-hybridized carbons (Fsp3) is 0.381. The van der Waals surface area contributed by atoms with E-state index in [1.807, 2.05) is 42.6 Å². The maximum Gasteiger partial charge on any atom is 0.227 e. The zero-order chi connectivity index (χ0) is 18.8. The Morgan fingerprint density at radius 2 is 1.96 bits per heavy atom. The van der Waals surface area contributed by atoms with E-state index in [1.165, 1.54) is 18.5 Å². The van der Waals surface area contributed by atoms with Gasteiger partial charge in [0.15, 0.2) is 5.13 Å². The summed E-state index contributed by atoms with van der Waals surface area (Å²) in [5, 5.41) is 7.72. The highest BCUT2D eigenvalue weighted by Gasteiger charge is 2.31. The van der Waals surface area contributed by atoms with Crippen molar-refractivity contribution in [2.45, 2.75) is 37.7 Å². The molecule has 2 N–H and O–H groups in total. The number of ether oxygens (including phenoxy) is 1. The van der Waals surface area contributed by atoms with Crippen LogP contribution >= 0.6 is 11.3 Å². The number of hydrogen-bond acceptors (Lipinski definition) is 7. The van der Waals surface area contributed by atoms with Gasteiger partial charge in [-0.15, -0.1) is 0 Å². The highest BCUT2D eigenvalue weighted by molar-refractivity contribution is 7.19. The third-order valence-corrected chi connectivity index (χ3v) is 6.09. The topological polar surface area (TPSA) is 72.0 Å². The molecule has 0 radical (unpaired) electrons. The van der Waals surface area contributed by atoms with E-state index in [-0.39, 0.29) is 0 Å². The van der Waals surface area contributed by atoms with Gasteiger partial charge in [-0.2, -0.15) is 0 Å². The molecule has 2 fully saturated rings. The van der Waals surface area contributed by atoms with Gasteiger partial charge in [-0.1, -0.05) is 29.5 Å². The Hall–Kier alpha value is -2.51. The number of para-hydroxylation sites is 1. The van der Waals surface area contributed by atoms with Gasteiger partial charge in [0, 0.05) is 31.0 Å². The third-order valence-electron chi connectivity index (χ3n) is 5.04. The van der Waals surface area contributed by atoms with Crippen molar-refractivity contribution in [3.05, 3.63) is 48.3 Å². The minimum absolute atomic E-state index is 0.303. The van der Waals surface area contributed by atoms with Crippen molar-refractivity contribution in [1.29, 1.82) is 0 Å². The molecule has 1 saturated heterocycles. The molecule has 1 aromatic carbocycles. The Kier molecular flexibility index (Phi) is 4.93. The lowest BCUT2D eigenvalue weighted by Crippen LogP contribution is -2.18. The largest absolute Gasteiger partial charge is 0.376 e. The van der Waals surface area contributed by atoms with Gasteiger partial charge in [-0.05, 0) is 43.9 Å². The van der Waals surface area contributed by atoms with Crippen LogP contribution in [0.1, 0.15) is 37.3 Å². The van der Waals surface area contributed by atoms with E-state index >= 15 is 0 Å². The van der Waals surface area contributed by atoms with Gasteiger partial charge >= 0.3 is 0 Å². The second-order valence-electron chi connectivity index (χ2n) is 7.28. The van der Waals surface area contributed by atoms with Crippen molar-refractivity contribution < 1.29 is 4.74 Å². The monoisotopic (exact) mass is 393 g/mol. The molecule has 0 bridgehead atoms. The van der Waals surface area contributed by atoms with Gasteiger partial charge < -0.3 is 15.4 Å². The van der Waals surface area contributed by atoms with Crippen molar-refractivity contribution >= 4 is 28.1 Å². The quantitative estimate of drug-likeness (QED) is 0.600. The fourth-order valence-electron chi connectivity index (χ4n) is 3.43. The summed E-state index contributed by atoms with van der Waals surface area (Å²) in [6, 6.07) is 12.0. The van der Waals surface area contributed by atoms with E-state index in [0.717, 1.165) is 47.4 Å². The number of aromatic nitrogens is 3. The first kappa shape index (κ1) is 17.6. The Morgan fingerprint density at radius 3 is 2.75 bits per heavy atom. The van der Waals surface area contributed by atoms with E-state index in [0.29, 0.717) is 18.0 Å². The van der Waals surface area contributed by atoms with Crippen LogP contribution in [0.3, 0.4) is 0 Å². The first-order chi connectivity index (χ1) is 13.8. The molecular formula is C21H23N5OS. The first-order valence-corrected chi connectivity index (χ1v) is 10.7. The molecule has 7 heteroatoms. The molecule has 2 aliphatic rings. The van der Waals surface area contributed by atoms with Crippen LogP contribution in [0.4, 0.5) is 16.8 Å². The number of nitrogens with one attached hydrogen (secondary N) is 2. The van der Waals surface area contributed by atoms with E-state index in [9.17, 15) is 0 Å². The predicted octanol–water partition coefficient (Wildman–Crippen LogP) is 4.81. The molecule has 6 nitrogen and oxygen atoms in total. The van der Waals surface area contributed by atoms with Gasteiger partial charge in [0.05, 0.1) is 22.4 Å². The lowest BCUT2D eigenvalue weighted by molar-refractivity contribution is 0.120. The molecular weight excluding hydrogens is 370 g/mol. The minimum Gasteiger partial charge on any atom is -0.376 e. The molecule has 28 heavy (non-hydrogen) atoms. The van der Waals surface area contributed by atoms with Crippen LogP contribution in [0, 0.1) is 0 Å². The Balaban J connectivity index is 1.38. The molecule has 1 aliphatic heterocycles. The fourth-order valence-corrected chi connectivity index (χ4v) is 4.45. The average molecular weight is 394 g/mol. The molecule has 5 rings (SSSR count). The lowest BCUT2D eigenvalue weighted by atomic mass is 10.2. The van der Waals surface area contributed by atoms with Crippen LogP contribution in [-0.2, 0) is 4.74 Å². The second-order valence-corrected chi connectivity index (χ2v) is 8.28. The molecule has 0 spiro atoms. The summed E-state index contributed by atoms with van der Waals surface area (Å²) in [5.41, 5.74) is 3.08. The number of thiazole rings is 1. The SMILES string of the molecule is c1ccc(Nc2nccc(-c3sc(NCC4CCCO4)nc3C3CC3)n2)cc1. The van der Waals surface area contributed by atoms with Crippen molar-refractivity contribution in [3.63, 3.8) is 0 Å². The van der Waals surface area contributed by atoms with Gasteiger partial charge in [-0.3, -0.25) is 0 Å². The average Bonchev–Trinajstić information content (AvgIpc) is 3.26. The van der Waals surface area contributed by atoms with Crippen LogP contribution < -0.4 is 10.6 Å². The van der Waals surface area contributed by atoms with Crippen molar-refractivity contribution in [2.24, 2.45) is 0 Å². The number of hydrogen-bond donors (Lipinski definition) is 2. The predicted molar refractivity (Wildman–Crippen MR) is 112 cm³/mol. The van der Waals surface area contributed by atoms with Crippen molar-refractivity contribution in [3.8, 4) is 10.6 Å². The lowest BCUT2D eigenvalue weighted by Gasteiger charge is -2.09. The number of benzene rings is 1. The van der Waals surface area contributed by atoms with Gasteiger partial charge in [0.2, 0.25) is 5.95 Å². The number of anilines is 3. The molecule has 3 aromatic rings. The van der Waals surface area contributed by atoms with Crippen LogP contribution in [-0.4, -0.2) is 34.2 Å². The zero-order valence-corrected chi connectivity index (χ0v) is 16.4. The molecule has 2 aromatic heterocycles. The van der Waals surface area contributed by atoms with Crippen molar-refractivity contribution in [2.75, 3.05) is 23.8 Å². The number of nitrogens with zero attached hydrogens (tertiary/aromatic N) is 3. The molecule has 144 valence electrons. The van der Waals surface area contributed by atoms with E-state index in [2.05, 4.69) is 15.6 Å². The van der Waals surface area contributed by atoms with Gasteiger partial charge in [-0.25, -0.2) is 15.0 Å². The van der Waals surface area contributed by atoms with Crippen LogP contribution in [0.25, 0.3) is 10.6 Å². The number of rotatable bonds is 7. The maximum absolute atomic E-state index is 5.71. The zero-order valence-electron chi connectivity index (χ0n) is 15.6. The van der Waals surface area contributed by atoms with Gasteiger partial charge in [0.25, 0.3) is 0 Å². The highest BCUT2D eigenvalue weighted by Crippen LogP contribution is 2.47. The van der Waals surface area contributed by atoms with E-state index in [1.54, 1.807) is 11.3 Å². The first-order valence-electron chi connectivity index (χ1n) is 9.87. The summed E-state index contributed by atoms with van der Waals surface area (Å²) in [7, 11) is 0. The molecule has 1 atom stereocenters. The Morgan fingerprint density at radius 1 is 1.07 bits per heavy atom. The summed E-state index contributed by atoms with van der Waals surface area (Å²) in [6.45, 7) is 1.70. The highest BCUT2D eigenvalue weighted by atomic mass is 32.1. The molecule has 3 heterocycles. The Bertz CT molecular complexity index is 935. The third kappa shape index (κ3) is 4.00. The van der Waals surface area contributed by atoms with Crippen LogP contribution in [0.2, 0.25) is 0 Å². The van der Waals surface area contributed by atoms with Gasteiger partial charge in [0.1, 0.15) is 0 Å². The summed E-state index contributed by atoms with van der Waals surface area (Å²) in [4.78, 5) is 15.2. The van der Waals surface area contributed by atoms with E-state index in [4.69, 9.17) is 14.7 Å². The minimum atomic E-state index is 0.303.